The standard InChI is InChI=1S/C17H18N2O/c1-11-4-2-7-15(18)16(11)17(20)19-14-9-8-12-5-3-6-13(12)10-14/h2,4,7-10H,3,5-6,18H2,1H3,(H,19,20). The van der Waals surface area contributed by atoms with E-state index in [2.05, 4.69) is 17.4 Å². The van der Waals surface area contributed by atoms with Gasteiger partial charge in [0.1, 0.15) is 0 Å². The van der Waals surface area contributed by atoms with Crippen molar-refractivity contribution >= 4 is 17.3 Å². The number of amides is 1. The highest BCUT2D eigenvalue weighted by Gasteiger charge is 2.15. The molecule has 2 aromatic rings. The van der Waals surface area contributed by atoms with Crippen LogP contribution >= 0.6 is 0 Å². The lowest BCUT2D eigenvalue weighted by atomic mass is 10.1. The quantitative estimate of drug-likeness (QED) is 0.819. The Morgan fingerprint density at radius 1 is 1.15 bits per heavy atom. The van der Waals surface area contributed by atoms with E-state index in [0.717, 1.165) is 24.1 Å². The maximum absolute atomic E-state index is 12.4. The van der Waals surface area contributed by atoms with Crippen molar-refractivity contribution in [1.82, 2.24) is 0 Å². The number of anilines is 2. The van der Waals surface area contributed by atoms with Gasteiger partial charge in [-0.05, 0) is 61.1 Å². The van der Waals surface area contributed by atoms with Gasteiger partial charge >= 0.3 is 0 Å². The summed E-state index contributed by atoms with van der Waals surface area (Å²) in [4.78, 5) is 12.4. The summed E-state index contributed by atoms with van der Waals surface area (Å²) in [6.45, 7) is 1.90. The lowest BCUT2D eigenvalue weighted by molar-refractivity contribution is 0.102. The first-order valence-corrected chi connectivity index (χ1v) is 6.93. The van der Waals surface area contributed by atoms with Crippen molar-refractivity contribution in [3.8, 4) is 0 Å². The first kappa shape index (κ1) is 12.7. The summed E-state index contributed by atoms with van der Waals surface area (Å²) in [5.74, 6) is -0.140. The van der Waals surface area contributed by atoms with Crippen LogP contribution in [0.15, 0.2) is 36.4 Å². The lowest BCUT2D eigenvalue weighted by Crippen LogP contribution is -2.15. The molecule has 0 saturated carbocycles. The Morgan fingerprint density at radius 2 is 1.95 bits per heavy atom. The van der Waals surface area contributed by atoms with Crippen molar-refractivity contribution in [2.75, 3.05) is 11.1 Å². The SMILES string of the molecule is Cc1cccc(N)c1C(=O)Nc1ccc2c(c1)CCC2. The van der Waals surface area contributed by atoms with Gasteiger partial charge in [0.2, 0.25) is 0 Å². The molecule has 102 valence electrons. The van der Waals surface area contributed by atoms with E-state index in [-0.39, 0.29) is 5.91 Å². The van der Waals surface area contributed by atoms with Gasteiger partial charge in [-0.15, -0.1) is 0 Å². The van der Waals surface area contributed by atoms with Crippen LogP contribution in [0.5, 0.6) is 0 Å². The van der Waals surface area contributed by atoms with Gasteiger partial charge in [-0.25, -0.2) is 0 Å². The molecular weight excluding hydrogens is 248 g/mol. The van der Waals surface area contributed by atoms with Crippen LogP contribution in [-0.2, 0) is 12.8 Å². The van der Waals surface area contributed by atoms with Gasteiger partial charge in [0.15, 0.2) is 0 Å². The van der Waals surface area contributed by atoms with Gasteiger partial charge in [-0.2, -0.15) is 0 Å². The van der Waals surface area contributed by atoms with Gasteiger partial charge in [0, 0.05) is 11.4 Å². The third kappa shape index (κ3) is 2.27. The van der Waals surface area contributed by atoms with Crippen molar-refractivity contribution in [2.45, 2.75) is 26.2 Å². The summed E-state index contributed by atoms with van der Waals surface area (Å²) in [5, 5.41) is 2.95. The van der Waals surface area contributed by atoms with Crippen LogP contribution in [-0.4, -0.2) is 5.91 Å². The Kier molecular flexibility index (Phi) is 3.18. The van der Waals surface area contributed by atoms with E-state index in [1.54, 1.807) is 6.07 Å². The monoisotopic (exact) mass is 266 g/mol. The minimum absolute atomic E-state index is 0.140. The molecule has 0 heterocycles. The van der Waals surface area contributed by atoms with Crippen LogP contribution in [0.2, 0.25) is 0 Å². The van der Waals surface area contributed by atoms with Gasteiger partial charge in [-0.3, -0.25) is 4.79 Å². The van der Waals surface area contributed by atoms with Crippen molar-refractivity contribution in [2.24, 2.45) is 0 Å². The molecule has 0 aromatic heterocycles. The maximum Gasteiger partial charge on any atom is 0.258 e. The third-order valence-electron chi connectivity index (χ3n) is 3.89. The molecule has 3 rings (SSSR count). The molecule has 1 aliphatic rings. The van der Waals surface area contributed by atoms with Crippen molar-refractivity contribution in [1.29, 1.82) is 0 Å². The summed E-state index contributed by atoms with van der Waals surface area (Å²) in [6, 6.07) is 11.7. The Balaban J connectivity index is 1.86. The van der Waals surface area contributed by atoms with Crippen molar-refractivity contribution < 1.29 is 4.79 Å². The van der Waals surface area contributed by atoms with Crippen molar-refractivity contribution in [3.63, 3.8) is 0 Å². The number of rotatable bonds is 2. The second kappa shape index (κ2) is 5.00. The Hall–Kier alpha value is -2.29. The molecule has 0 spiro atoms. The molecular formula is C17H18N2O. The number of fused-ring (bicyclic) bond motifs is 1. The first-order valence-electron chi connectivity index (χ1n) is 6.93. The second-order valence-electron chi connectivity index (χ2n) is 5.33. The molecule has 0 fully saturated rings. The zero-order valence-corrected chi connectivity index (χ0v) is 11.6. The Morgan fingerprint density at radius 3 is 2.75 bits per heavy atom. The number of nitrogen functional groups attached to an aromatic ring is 1. The highest BCUT2D eigenvalue weighted by Crippen LogP contribution is 2.26. The van der Waals surface area contributed by atoms with Crippen molar-refractivity contribution in [3.05, 3.63) is 58.7 Å². The topological polar surface area (TPSA) is 55.1 Å². The molecule has 20 heavy (non-hydrogen) atoms. The van der Waals surface area contributed by atoms with Gasteiger partial charge < -0.3 is 11.1 Å². The van der Waals surface area contributed by atoms with E-state index in [9.17, 15) is 4.79 Å². The van der Waals surface area contributed by atoms with E-state index >= 15 is 0 Å². The molecule has 0 atom stereocenters. The van der Waals surface area contributed by atoms with Crippen LogP contribution in [0.4, 0.5) is 11.4 Å². The minimum Gasteiger partial charge on any atom is -0.398 e. The van der Waals surface area contributed by atoms with Crippen LogP contribution < -0.4 is 11.1 Å². The van der Waals surface area contributed by atoms with Crippen LogP contribution in [0.25, 0.3) is 0 Å². The highest BCUT2D eigenvalue weighted by atomic mass is 16.1. The summed E-state index contributed by atoms with van der Waals surface area (Å²) in [5.41, 5.74) is 11.5. The fraction of sp³-hybridized carbons (Fsp3) is 0.235. The number of nitrogens with two attached hydrogens (primary N) is 1. The predicted molar refractivity (Wildman–Crippen MR) is 82.0 cm³/mol. The molecule has 0 bridgehead atoms. The third-order valence-corrected chi connectivity index (χ3v) is 3.89. The Labute approximate surface area is 118 Å². The maximum atomic E-state index is 12.4. The molecule has 0 aliphatic heterocycles. The van der Waals surface area contributed by atoms with E-state index in [4.69, 9.17) is 5.73 Å². The summed E-state index contributed by atoms with van der Waals surface area (Å²) < 4.78 is 0. The molecule has 0 saturated heterocycles. The smallest absolute Gasteiger partial charge is 0.258 e. The number of carbonyl (C=O) groups is 1. The van der Waals surface area contributed by atoms with Crippen LogP contribution in [0, 0.1) is 6.92 Å². The first-order chi connectivity index (χ1) is 9.65. The average molecular weight is 266 g/mol. The molecule has 1 aliphatic carbocycles. The zero-order chi connectivity index (χ0) is 14.1. The predicted octanol–water partition coefficient (Wildman–Crippen LogP) is 3.32. The number of carbonyl (C=O) groups excluding carboxylic acids is 1. The van der Waals surface area contributed by atoms with Gasteiger partial charge in [0.05, 0.1) is 5.56 Å². The number of nitrogens with one attached hydrogen (secondary N) is 1. The fourth-order valence-electron chi connectivity index (χ4n) is 2.84. The number of benzene rings is 2. The van der Waals surface area contributed by atoms with E-state index < -0.39 is 0 Å². The molecule has 3 heteroatoms. The fourth-order valence-corrected chi connectivity index (χ4v) is 2.84. The van der Waals surface area contributed by atoms with E-state index in [0.29, 0.717) is 11.3 Å². The van der Waals surface area contributed by atoms with Gasteiger partial charge in [0.25, 0.3) is 5.91 Å². The summed E-state index contributed by atoms with van der Waals surface area (Å²) in [7, 11) is 0. The molecule has 0 unspecified atom stereocenters. The van der Waals surface area contributed by atoms with E-state index in [1.807, 2.05) is 25.1 Å². The number of aryl methyl sites for hydroxylation is 3. The molecule has 1 amide bonds. The largest absolute Gasteiger partial charge is 0.398 e. The Bertz CT molecular complexity index is 656. The summed E-state index contributed by atoms with van der Waals surface area (Å²) >= 11 is 0. The molecule has 3 N–H and O–H groups in total. The normalized spacial score (nSPS) is 13.1. The number of hydrogen-bond donors (Lipinski definition) is 2. The van der Waals surface area contributed by atoms with Crippen LogP contribution in [0.1, 0.15) is 33.5 Å². The highest BCUT2D eigenvalue weighted by molar-refractivity contribution is 6.08. The molecule has 3 nitrogen and oxygen atoms in total. The molecule has 2 aromatic carbocycles. The average Bonchev–Trinajstić information content (AvgIpc) is 2.85. The second-order valence-corrected chi connectivity index (χ2v) is 5.33. The number of hydrogen-bond acceptors (Lipinski definition) is 2. The lowest BCUT2D eigenvalue weighted by Gasteiger charge is -2.11. The zero-order valence-electron chi connectivity index (χ0n) is 11.6. The van der Waals surface area contributed by atoms with E-state index in [1.165, 1.54) is 17.5 Å². The van der Waals surface area contributed by atoms with Crippen LogP contribution in [0.3, 0.4) is 0 Å². The molecule has 0 radical (unpaired) electrons. The summed E-state index contributed by atoms with van der Waals surface area (Å²) in [6.07, 6.45) is 3.46. The van der Waals surface area contributed by atoms with Gasteiger partial charge in [-0.1, -0.05) is 18.2 Å². The minimum atomic E-state index is -0.140.